The molecule has 0 bridgehead atoms. The Balaban J connectivity index is 2.33. The SMILES string of the molecule is CC1(C)OB(C(=Cc2cc(Cl)ccc2F)CN)OC1(C)C. The second kappa shape index (κ2) is 5.73. The van der Waals surface area contributed by atoms with Gasteiger partial charge in [0.2, 0.25) is 0 Å². The minimum absolute atomic E-state index is 0.211. The van der Waals surface area contributed by atoms with Crippen LogP contribution in [0.15, 0.2) is 23.7 Å². The molecule has 6 heteroatoms. The molecule has 0 radical (unpaired) electrons. The minimum Gasteiger partial charge on any atom is -0.400 e. The fourth-order valence-electron chi connectivity index (χ4n) is 2.04. The molecule has 0 aliphatic carbocycles. The van der Waals surface area contributed by atoms with Crippen molar-refractivity contribution in [2.75, 3.05) is 6.54 Å². The molecule has 0 atom stereocenters. The molecule has 1 aromatic carbocycles. The molecular formula is C15H20BClFNO2. The second-order valence-electron chi connectivity index (χ2n) is 6.18. The van der Waals surface area contributed by atoms with E-state index in [1.807, 2.05) is 27.7 Å². The van der Waals surface area contributed by atoms with E-state index in [1.165, 1.54) is 12.1 Å². The summed E-state index contributed by atoms with van der Waals surface area (Å²) in [4.78, 5) is 0. The van der Waals surface area contributed by atoms with Crippen LogP contribution in [0.1, 0.15) is 33.3 Å². The molecule has 21 heavy (non-hydrogen) atoms. The summed E-state index contributed by atoms with van der Waals surface area (Å²) in [5.74, 6) is -0.359. The van der Waals surface area contributed by atoms with Gasteiger partial charge in [0.1, 0.15) is 5.82 Å². The summed E-state index contributed by atoms with van der Waals surface area (Å²) < 4.78 is 25.7. The van der Waals surface area contributed by atoms with Crippen molar-refractivity contribution in [3.63, 3.8) is 0 Å². The first-order valence-corrected chi connectivity index (χ1v) is 7.25. The van der Waals surface area contributed by atoms with E-state index >= 15 is 0 Å². The standard InChI is InChI=1S/C15H20BClFNO2/c1-14(2)15(3,4)21-16(20-14)11(9-19)7-10-8-12(17)5-6-13(10)18/h5-8H,9,19H2,1-4H3. The van der Waals surface area contributed by atoms with Crippen molar-refractivity contribution < 1.29 is 13.7 Å². The Morgan fingerprint density at radius 1 is 1.29 bits per heavy atom. The first kappa shape index (κ1) is 16.5. The number of hydrogen-bond donors (Lipinski definition) is 1. The molecule has 114 valence electrons. The van der Waals surface area contributed by atoms with Crippen molar-refractivity contribution in [3.8, 4) is 0 Å². The van der Waals surface area contributed by atoms with Crippen LogP contribution in [0.5, 0.6) is 0 Å². The van der Waals surface area contributed by atoms with Crippen molar-refractivity contribution in [2.24, 2.45) is 5.73 Å². The highest BCUT2D eigenvalue weighted by atomic mass is 35.5. The van der Waals surface area contributed by atoms with Crippen LogP contribution in [-0.4, -0.2) is 24.9 Å². The molecule has 0 unspecified atom stereocenters. The predicted octanol–water partition coefficient (Wildman–Crippen LogP) is 3.45. The van der Waals surface area contributed by atoms with Gasteiger partial charge in [-0.3, -0.25) is 0 Å². The van der Waals surface area contributed by atoms with Crippen LogP contribution in [0.3, 0.4) is 0 Å². The Hall–Kier alpha value is -0.875. The van der Waals surface area contributed by atoms with Crippen LogP contribution in [0.2, 0.25) is 5.02 Å². The number of halogens is 2. The van der Waals surface area contributed by atoms with Crippen LogP contribution in [0, 0.1) is 5.82 Å². The zero-order chi connectivity index (χ0) is 15.8. The summed E-state index contributed by atoms with van der Waals surface area (Å²) in [6, 6.07) is 4.38. The van der Waals surface area contributed by atoms with Crippen molar-refractivity contribution in [3.05, 3.63) is 40.1 Å². The molecule has 2 rings (SSSR count). The number of rotatable bonds is 3. The van der Waals surface area contributed by atoms with Crippen LogP contribution in [0.25, 0.3) is 6.08 Å². The van der Waals surface area contributed by atoms with Gasteiger partial charge in [-0.1, -0.05) is 17.7 Å². The van der Waals surface area contributed by atoms with Gasteiger partial charge < -0.3 is 15.0 Å². The molecule has 0 amide bonds. The Morgan fingerprint density at radius 2 is 1.86 bits per heavy atom. The van der Waals surface area contributed by atoms with Gasteiger partial charge in [-0.2, -0.15) is 0 Å². The molecule has 0 saturated carbocycles. The third kappa shape index (κ3) is 3.32. The van der Waals surface area contributed by atoms with Gasteiger partial charge in [0.15, 0.2) is 0 Å². The second-order valence-corrected chi connectivity index (χ2v) is 6.61. The van der Waals surface area contributed by atoms with E-state index in [9.17, 15) is 4.39 Å². The molecule has 1 saturated heterocycles. The highest BCUT2D eigenvalue weighted by Gasteiger charge is 2.52. The van der Waals surface area contributed by atoms with Crippen molar-refractivity contribution in [2.45, 2.75) is 38.9 Å². The van der Waals surface area contributed by atoms with E-state index in [-0.39, 0.29) is 12.4 Å². The molecule has 1 aliphatic heterocycles. The molecule has 2 N–H and O–H groups in total. The van der Waals surface area contributed by atoms with E-state index in [1.54, 1.807) is 12.1 Å². The quantitative estimate of drug-likeness (QED) is 0.870. The molecule has 1 aliphatic rings. The van der Waals surface area contributed by atoms with Crippen molar-refractivity contribution >= 4 is 24.8 Å². The van der Waals surface area contributed by atoms with Gasteiger partial charge in [-0.05, 0) is 51.4 Å². The van der Waals surface area contributed by atoms with Crippen LogP contribution < -0.4 is 5.73 Å². The summed E-state index contributed by atoms with van der Waals surface area (Å²) in [7, 11) is -0.585. The van der Waals surface area contributed by atoms with Crippen LogP contribution in [0.4, 0.5) is 4.39 Å². The first-order valence-electron chi connectivity index (χ1n) is 6.87. The maximum Gasteiger partial charge on any atom is 0.491 e. The van der Waals surface area contributed by atoms with Gasteiger partial charge in [0, 0.05) is 17.1 Å². The highest BCUT2D eigenvalue weighted by Crippen LogP contribution is 2.38. The summed E-state index contributed by atoms with van der Waals surface area (Å²) in [6.45, 7) is 8.05. The van der Waals surface area contributed by atoms with E-state index in [4.69, 9.17) is 26.6 Å². The number of benzene rings is 1. The molecule has 1 fully saturated rings. The van der Waals surface area contributed by atoms with Crippen molar-refractivity contribution in [1.29, 1.82) is 0 Å². The average molecular weight is 312 g/mol. The molecule has 3 nitrogen and oxygen atoms in total. The van der Waals surface area contributed by atoms with Gasteiger partial charge in [-0.15, -0.1) is 0 Å². The lowest BCUT2D eigenvalue weighted by molar-refractivity contribution is 0.00578. The molecule has 1 aromatic rings. The fraction of sp³-hybridized carbons (Fsp3) is 0.467. The van der Waals surface area contributed by atoms with Crippen LogP contribution >= 0.6 is 11.6 Å². The molecule has 1 heterocycles. The van der Waals surface area contributed by atoms with Gasteiger partial charge in [0.25, 0.3) is 0 Å². The predicted molar refractivity (Wildman–Crippen MR) is 84.5 cm³/mol. The van der Waals surface area contributed by atoms with E-state index in [0.717, 1.165) is 0 Å². The highest BCUT2D eigenvalue weighted by molar-refractivity contribution is 6.55. The lowest BCUT2D eigenvalue weighted by atomic mass is 9.77. The third-order valence-corrected chi connectivity index (χ3v) is 4.33. The monoisotopic (exact) mass is 311 g/mol. The summed E-state index contributed by atoms with van der Waals surface area (Å²) in [5.41, 5.74) is 5.91. The van der Waals surface area contributed by atoms with Crippen molar-refractivity contribution in [1.82, 2.24) is 0 Å². The summed E-state index contributed by atoms with van der Waals surface area (Å²) >= 11 is 5.90. The Kier molecular flexibility index (Phi) is 4.50. The molecule has 0 aromatic heterocycles. The maximum atomic E-state index is 13.8. The Bertz CT molecular complexity index is 559. The van der Waals surface area contributed by atoms with Gasteiger partial charge in [-0.25, -0.2) is 4.39 Å². The zero-order valence-corrected chi connectivity index (χ0v) is 13.5. The summed E-state index contributed by atoms with van der Waals surface area (Å²) in [5, 5.41) is 0.466. The van der Waals surface area contributed by atoms with E-state index < -0.39 is 18.3 Å². The molecule has 0 spiro atoms. The van der Waals surface area contributed by atoms with E-state index in [0.29, 0.717) is 16.1 Å². The normalized spacial score (nSPS) is 20.9. The largest absolute Gasteiger partial charge is 0.491 e. The lowest BCUT2D eigenvalue weighted by Crippen LogP contribution is -2.41. The van der Waals surface area contributed by atoms with E-state index in [2.05, 4.69) is 0 Å². The maximum absolute atomic E-state index is 13.8. The third-order valence-electron chi connectivity index (χ3n) is 4.09. The Labute approximate surface area is 130 Å². The zero-order valence-electron chi connectivity index (χ0n) is 12.7. The smallest absolute Gasteiger partial charge is 0.400 e. The topological polar surface area (TPSA) is 44.5 Å². The number of hydrogen-bond acceptors (Lipinski definition) is 3. The average Bonchev–Trinajstić information content (AvgIpc) is 2.59. The van der Waals surface area contributed by atoms with Gasteiger partial charge >= 0.3 is 7.12 Å². The lowest BCUT2D eigenvalue weighted by Gasteiger charge is -2.32. The minimum atomic E-state index is -0.585. The number of nitrogens with two attached hydrogens (primary N) is 1. The fourth-order valence-corrected chi connectivity index (χ4v) is 2.22. The Morgan fingerprint density at radius 3 is 2.38 bits per heavy atom. The van der Waals surface area contributed by atoms with Gasteiger partial charge in [0.05, 0.1) is 11.2 Å². The molecular weight excluding hydrogens is 291 g/mol. The first-order chi connectivity index (χ1) is 9.66. The van der Waals surface area contributed by atoms with Crippen LogP contribution in [-0.2, 0) is 9.31 Å². The summed E-state index contributed by atoms with van der Waals surface area (Å²) in [6.07, 6.45) is 1.64.